The van der Waals surface area contributed by atoms with Gasteiger partial charge >= 0.3 is 0 Å². The van der Waals surface area contributed by atoms with Crippen LogP contribution in [0.1, 0.15) is 27.4 Å². The SMILES string of the molecule is Cc1nc2c(c(N3CCOCC3)n1)CN(C(=O)c1cccc3ccccc13)CC2. The zero-order chi connectivity index (χ0) is 19.8. The summed E-state index contributed by atoms with van der Waals surface area (Å²) < 4.78 is 5.50. The molecule has 0 radical (unpaired) electrons. The molecule has 1 fully saturated rings. The van der Waals surface area contributed by atoms with Crippen molar-refractivity contribution >= 4 is 22.5 Å². The minimum Gasteiger partial charge on any atom is -0.378 e. The molecule has 1 aromatic heterocycles. The number of aromatic nitrogens is 2. The smallest absolute Gasteiger partial charge is 0.254 e. The second-order valence-electron chi connectivity index (χ2n) is 7.62. The van der Waals surface area contributed by atoms with Crippen LogP contribution in [0, 0.1) is 6.92 Å². The molecule has 5 rings (SSSR count). The molecule has 0 aliphatic carbocycles. The molecular weight excluding hydrogens is 364 g/mol. The molecule has 6 heteroatoms. The van der Waals surface area contributed by atoms with Crippen LogP contribution in [0.5, 0.6) is 0 Å². The van der Waals surface area contributed by atoms with Crippen LogP contribution in [0.3, 0.4) is 0 Å². The summed E-state index contributed by atoms with van der Waals surface area (Å²) in [4.78, 5) is 27.1. The molecule has 148 valence electrons. The van der Waals surface area contributed by atoms with E-state index in [-0.39, 0.29) is 5.91 Å². The number of carbonyl (C=O) groups excluding carboxylic acids is 1. The number of hydrogen-bond acceptors (Lipinski definition) is 5. The molecule has 2 aliphatic heterocycles. The Morgan fingerprint density at radius 3 is 2.66 bits per heavy atom. The fourth-order valence-electron chi connectivity index (χ4n) is 4.31. The van der Waals surface area contributed by atoms with Gasteiger partial charge in [-0.1, -0.05) is 36.4 Å². The normalized spacial score (nSPS) is 16.7. The molecule has 29 heavy (non-hydrogen) atoms. The lowest BCUT2D eigenvalue weighted by atomic mass is 10.0. The van der Waals surface area contributed by atoms with Crippen molar-refractivity contribution in [2.24, 2.45) is 0 Å². The minimum absolute atomic E-state index is 0.0703. The fraction of sp³-hybridized carbons (Fsp3) is 0.348. The van der Waals surface area contributed by atoms with Crippen molar-refractivity contribution in [1.82, 2.24) is 14.9 Å². The van der Waals surface area contributed by atoms with Gasteiger partial charge in [0.05, 0.1) is 25.5 Å². The predicted octanol–water partition coefficient (Wildman–Crippen LogP) is 2.97. The molecule has 0 bridgehead atoms. The maximum absolute atomic E-state index is 13.4. The molecule has 1 saturated heterocycles. The third kappa shape index (κ3) is 3.34. The molecule has 6 nitrogen and oxygen atoms in total. The van der Waals surface area contributed by atoms with Crippen LogP contribution in [0.15, 0.2) is 42.5 Å². The van der Waals surface area contributed by atoms with E-state index in [0.717, 1.165) is 58.7 Å². The lowest BCUT2D eigenvalue weighted by Crippen LogP contribution is -2.41. The Morgan fingerprint density at radius 1 is 1.00 bits per heavy atom. The van der Waals surface area contributed by atoms with E-state index < -0.39 is 0 Å². The third-order valence-corrected chi connectivity index (χ3v) is 5.77. The van der Waals surface area contributed by atoms with E-state index in [9.17, 15) is 4.79 Å². The highest BCUT2D eigenvalue weighted by Crippen LogP contribution is 2.29. The van der Waals surface area contributed by atoms with Crippen molar-refractivity contribution in [3.8, 4) is 0 Å². The minimum atomic E-state index is 0.0703. The number of anilines is 1. The Labute approximate surface area is 170 Å². The molecule has 2 aromatic carbocycles. The average Bonchev–Trinajstić information content (AvgIpc) is 2.78. The van der Waals surface area contributed by atoms with Gasteiger partial charge in [-0.15, -0.1) is 0 Å². The van der Waals surface area contributed by atoms with Crippen molar-refractivity contribution in [2.75, 3.05) is 37.7 Å². The zero-order valence-electron chi connectivity index (χ0n) is 16.6. The summed E-state index contributed by atoms with van der Waals surface area (Å²) in [5.74, 6) is 1.83. The van der Waals surface area contributed by atoms with Crippen molar-refractivity contribution < 1.29 is 9.53 Å². The molecule has 0 spiro atoms. The molecule has 0 N–H and O–H groups in total. The number of aryl methyl sites for hydroxylation is 1. The van der Waals surface area contributed by atoms with E-state index in [1.807, 2.05) is 54.3 Å². The van der Waals surface area contributed by atoms with E-state index in [4.69, 9.17) is 9.72 Å². The van der Waals surface area contributed by atoms with E-state index in [1.165, 1.54) is 0 Å². The largest absolute Gasteiger partial charge is 0.378 e. The maximum Gasteiger partial charge on any atom is 0.254 e. The summed E-state index contributed by atoms with van der Waals surface area (Å²) in [6.45, 7) is 6.21. The average molecular weight is 388 g/mol. The van der Waals surface area contributed by atoms with Crippen molar-refractivity contribution in [2.45, 2.75) is 19.9 Å². The van der Waals surface area contributed by atoms with Gasteiger partial charge in [0, 0.05) is 37.2 Å². The number of amides is 1. The molecule has 0 saturated carbocycles. The summed E-state index contributed by atoms with van der Waals surface area (Å²) in [6, 6.07) is 14.0. The second-order valence-corrected chi connectivity index (χ2v) is 7.62. The Kier molecular flexibility index (Phi) is 4.64. The Bertz CT molecular complexity index is 1070. The van der Waals surface area contributed by atoms with Gasteiger partial charge < -0.3 is 14.5 Å². The van der Waals surface area contributed by atoms with Crippen LogP contribution in [-0.4, -0.2) is 53.6 Å². The Hall–Kier alpha value is -2.99. The van der Waals surface area contributed by atoms with Crippen LogP contribution in [-0.2, 0) is 17.7 Å². The number of benzene rings is 2. The maximum atomic E-state index is 13.4. The molecule has 0 unspecified atom stereocenters. The van der Waals surface area contributed by atoms with Crippen molar-refractivity contribution in [3.05, 3.63) is 65.1 Å². The highest BCUT2D eigenvalue weighted by atomic mass is 16.5. The summed E-state index contributed by atoms with van der Waals surface area (Å²) in [5, 5.41) is 2.09. The number of carbonyl (C=O) groups is 1. The fourth-order valence-corrected chi connectivity index (χ4v) is 4.31. The van der Waals surface area contributed by atoms with Crippen molar-refractivity contribution in [3.63, 3.8) is 0 Å². The summed E-state index contributed by atoms with van der Waals surface area (Å²) in [7, 11) is 0. The monoisotopic (exact) mass is 388 g/mol. The predicted molar refractivity (Wildman–Crippen MR) is 112 cm³/mol. The van der Waals surface area contributed by atoms with Gasteiger partial charge in [-0.25, -0.2) is 9.97 Å². The van der Waals surface area contributed by atoms with E-state index in [1.54, 1.807) is 0 Å². The van der Waals surface area contributed by atoms with Gasteiger partial charge in [0.2, 0.25) is 0 Å². The summed E-state index contributed by atoms with van der Waals surface area (Å²) >= 11 is 0. The van der Waals surface area contributed by atoms with E-state index in [0.29, 0.717) is 26.3 Å². The van der Waals surface area contributed by atoms with Gasteiger partial charge in [0.15, 0.2) is 0 Å². The summed E-state index contributed by atoms with van der Waals surface area (Å²) in [6.07, 6.45) is 0.756. The highest BCUT2D eigenvalue weighted by Gasteiger charge is 2.28. The van der Waals surface area contributed by atoms with Gasteiger partial charge in [-0.05, 0) is 23.8 Å². The van der Waals surface area contributed by atoms with Crippen LogP contribution >= 0.6 is 0 Å². The molecule has 3 heterocycles. The Balaban J connectivity index is 1.49. The topological polar surface area (TPSA) is 58.6 Å². The quantitative estimate of drug-likeness (QED) is 0.676. The van der Waals surface area contributed by atoms with E-state index >= 15 is 0 Å². The summed E-state index contributed by atoms with van der Waals surface area (Å²) in [5.41, 5.74) is 2.91. The first-order chi connectivity index (χ1) is 14.2. The zero-order valence-corrected chi connectivity index (χ0v) is 16.6. The second kappa shape index (κ2) is 7.44. The number of ether oxygens (including phenoxy) is 1. The first kappa shape index (κ1) is 18.1. The van der Waals surface area contributed by atoms with Gasteiger partial charge in [-0.3, -0.25) is 4.79 Å². The first-order valence-electron chi connectivity index (χ1n) is 10.2. The lowest BCUT2D eigenvalue weighted by molar-refractivity contribution is 0.0735. The van der Waals surface area contributed by atoms with Crippen LogP contribution < -0.4 is 4.90 Å². The number of rotatable bonds is 2. The van der Waals surface area contributed by atoms with Crippen LogP contribution in [0.4, 0.5) is 5.82 Å². The van der Waals surface area contributed by atoms with Crippen LogP contribution in [0.2, 0.25) is 0 Å². The highest BCUT2D eigenvalue weighted by molar-refractivity contribution is 6.07. The number of fused-ring (bicyclic) bond motifs is 2. The molecule has 1 amide bonds. The molecule has 3 aromatic rings. The van der Waals surface area contributed by atoms with Gasteiger partial charge in [0.1, 0.15) is 11.6 Å². The lowest BCUT2D eigenvalue weighted by Gasteiger charge is -2.34. The van der Waals surface area contributed by atoms with Gasteiger partial charge in [-0.2, -0.15) is 0 Å². The standard InChI is InChI=1S/C23H24N4O2/c1-16-24-21-9-10-27(15-20(21)22(25-16)26-11-13-29-14-12-26)23(28)19-8-4-6-17-5-2-3-7-18(17)19/h2-8H,9-15H2,1H3. The van der Waals surface area contributed by atoms with Gasteiger partial charge in [0.25, 0.3) is 5.91 Å². The Morgan fingerprint density at radius 2 is 1.79 bits per heavy atom. The number of morpholine rings is 1. The molecular formula is C23H24N4O2. The molecule has 2 aliphatic rings. The number of hydrogen-bond donors (Lipinski definition) is 0. The first-order valence-corrected chi connectivity index (χ1v) is 10.2. The van der Waals surface area contributed by atoms with Crippen LogP contribution in [0.25, 0.3) is 10.8 Å². The van der Waals surface area contributed by atoms with E-state index in [2.05, 4.69) is 9.88 Å². The number of nitrogens with zero attached hydrogens (tertiary/aromatic N) is 4. The third-order valence-electron chi connectivity index (χ3n) is 5.77. The molecule has 0 atom stereocenters. The van der Waals surface area contributed by atoms with Crippen molar-refractivity contribution in [1.29, 1.82) is 0 Å².